The number of aromatic nitrogens is 1. The fraction of sp³-hybridized carbons (Fsp3) is 0. The molecule has 0 spiro atoms. The lowest BCUT2D eigenvalue weighted by atomic mass is 10.1. The topological polar surface area (TPSA) is 50.4 Å². The Morgan fingerprint density at radius 1 is 0.962 bits per heavy atom. The summed E-state index contributed by atoms with van der Waals surface area (Å²) < 4.78 is 5.23. The fourth-order valence-corrected chi connectivity index (χ4v) is 3.54. The summed E-state index contributed by atoms with van der Waals surface area (Å²) in [5, 5.41) is 5.61. The van der Waals surface area contributed by atoms with Crippen LogP contribution in [0.5, 0.6) is 0 Å². The van der Waals surface area contributed by atoms with E-state index < -0.39 is 0 Å². The van der Waals surface area contributed by atoms with Gasteiger partial charge in [0.05, 0.1) is 23.0 Å². The first-order valence-corrected chi connectivity index (χ1v) is 9.14. The number of hydrogen-bond acceptors (Lipinski definition) is 5. The largest absolute Gasteiger partial charge is 0.463 e. The van der Waals surface area contributed by atoms with Crippen molar-refractivity contribution in [1.29, 1.82) is 0 Å². The molecule has 4 aromatic rings. The zero-order valence-electron chi connectivity index (χ0n) is 13.6. The Balaban J connectivity index is 1.69. The van der Waals surface area contributed by atoms with Crippen molar-refractivity contribution in [3.63, 3.8) is 0 Å². The summed E-state index contributed by atoms with van der Waals surface area (Å²) >= 11 is 7.57. The minimum atomic E-state index is 0.676. The molecule has 26 heavy (non-hydrogen) atoms. The molecule has 0 saturated heterocycles. The lowest BCUT2D eigenvalue weighted by Crippen LogP contribution is -1.89. The van der Waals surface area contributed by atoms with Gasteiger partial charge in [0.1, 0.15) is 5.76 Å². The summed E-state index contributed by atoms with van der Waals surface area (Å²) in [5.41, 5.74) is 6.01. The molecule has 4 rings (SSSR count). The maximum absolute atomic E-state index is 6.03. The van der Waals surface area contributed by atoms with Gasteiger partial charge in [0, 0.05) is 10.6 Å². The van der Waals surface area contributed by atoms with Crippen LogP contribution in [0.4, 0.5) is 5.13 Å². The number of anilines is 1. The number of nitrogens with one attached hydrogen (secondary N) is 1. The summed E-state index contributed by atoms with van der Waals surface area (Å²) in [6, 6.07) is 21.5. The van der Waals surface area contributed by atoms with Crippen LogP contribution in [-0.4, -0.2) is 11.2 Å². The third-order valence-electron chi connectivity index (χ3n) is 3.68. The third-order valence-corrected chi connectivity index (χ3v) is 4.94. The molecule has 2 heterocycles. The number of halogens is 1. The molecule has 0 aliphatic heterocycles. The first-order chi connectivity index (χ1) is 12.8. The molecular formula is C20H14ClN3OS. The third kappa shape index (κ3) is 3.69. The normalized spacial score (nSPS) is 11.1. The molecule has 0 radical (unpaired) electrons. The first-order valence-electron chi connectivity index (χ1n) is 7.94. The number of hydrogen-bond donors (Lipinski definition) is 1. The van der Waals surface area contributed by atoms with Crippen LogP contribution in [0.3, 0.4) is 0 Å². The molecule has 0 amide bonds. The predicted octanol–water partition coefficient (Wildman–Crippen LogP) is 6.17. The molecule has 128 valence electrons. The van der Waals surface area contributed by atoms with Gasteiger partial charge in [0.15, 0.2) is 0 Å². The van der Waals surface area contributed by atoms with Crippen molar-refractivity contribution >= 4 is 34.3 Å². The van der Waals surface area contributed by atoms with E-state index in [0.29, 0.717) is 15.9 Å². The molecule has 2 aromatic carbocycles. The Morgan fingerprint density at radius 3 is 2.50 bits per heavy atom. The van der Waals surface area contributed by atoms with Gasteiger partial charge in [-0.2, -0.15) is 5.10 Å². The van der Waals surface area contributed by atoms with Crippen LogP contribution in [0.2, 0.25) is 5.02 Å². The van der Waals surface area contributed by atoms with E-state index in [-0.39, 0.29) is 0 Å². The lowest BCUT2D eigenvalue weighted by Gasteiger charge is -2.02. The molecule has 1 N–H and O–H groups in total. The van der Waals surface area contributed by atoms with Crippen LogP contribution in [-0.2, 0) is 0 Å². The maximum atomic E-state index is 6.03. The summed E-state index contributed by atoms with van der Waals surface area (Å²) in [4.78, 5) is 5.79. The number of rotatable bonds is 5. The summed E-state index contributed by atoms with van der Waals surface area (Å²) in [7, 11) is 0. The average molecular weight is 380 g/mol. The second kappa shape index (κ2) is 7.56. The van der Waals surface area contributed by atoms with E-state index in [1.807, 2.05) is 66.7 Å². The lowest BCUT2D eigenvalue weighted by molar-refractivity contribution is 0.560. The smallest absolute Gasteiger partial charge is 0.204 e. The molecule has 0 fully saturated rings. The predicted molar refractivity (Wildman–Crippen MR) is 108 cm³/mol. The van der Waals surface area contributed by atoms with Crippen LogP contribution in [0, 0.1) is 0 Å². The Kier molecular flexibility index (Phi) is 4.82. The second-order valence-electron chi connectivity index (χ2n) is 5.46. The summed E-state index contributed by atoms with van der Waals surface area (Å²) in [5.74, 6) is 0.676. The van der Waals surface area contributed by atoms with E-state index in [9.17, 15) is 0 Å². The minimum Gasteiger partial charge on any atom is -0.463 e. The Hall–Kier alpha value is -2.89. The highest BCUT2D eigenvalue weighted by molar-refractivity contribution is 7.19. The Bertz CT molecular complexity index is 1010. The minimum absolute atomic E-state index is 0.676. The van der Waals surface area contributed by atoms with Gasteiger partial charge in [-0.15, -0.1) is 0 Å². The Morgan fingerprint density at radius 2 is 1.77 bits per heavy atom. The molecule has 6 heteroatoms. The average Bonchev–Trinajstić information content (AvgIpc) is 3.33. The quantitative estimate of drug-likeness (QED) is 0.333. The summed E-state index contributed by atoms with van der Waals surface area (Å²) in [6.45, 7) is 0. The van der Waals surface area contributed by atoms with Gasteiger partial charge in [-0.05, 0) is 29.8 Å². The van der Waals surface area contributed by atoms with E-state index in [1.54, 1.807) is 23.8 Å². The highest BCUT2D eigenvalue weighted by Gasteiger charge is 2.14. The molecule has 0 aliphatic rings. The van der Waals surface area contributed by atoms with Gasteiger partial charge >= 0.3 is 0 Å². The molecule has 0 unspecified atom stereocenters. The molecule has 2 aromatic heterocycles. The van der Waals surface area contributed by atoms with Gasteiger partial charge in [-0.3, -0.25) is 5.43 Å². The van der Waals surface area contributed by atoms with Crippen LogP contribution in [0.25, 0.3) is 21.7 Å². The Labute approximate surface area is 159 Å². The summed E-state index contributed by atoms with van der Waals surface area (Å²) in [6.07, 6.45) is 3.22. The highest BCUT2D eigenvalue weighted by atomic mass is 35.5. The number of nitrogens with zero attached hydrogens (tertiary/aromatic N) is 2. The van der Waals surface area contributed by atoms with Crippen molar-refractivity contribution in [3.8, 4) is 21.7 Å². The van der Waals surface area contributed by atoms with Gasteiger partial charge < -0.3 is 4.42 Å². The standard InChI is InChI=1S/C20H14ClN3OS/c21-16-10-8-15(9-11-16)19-18(14-5-2-1-3-6-14)23-20(26-19)24-22-13-17-7-4-12-25-17/h1-13H,(H,23,24)/b22-13-. The molecule has 0 atom stereocenters. The van der Waals surface area contributed by atoms with Crippen LogP contribution in [0.15, 0.2) is 82.5 Å². The maximum Gasteiger partial charge on any atom is 0.204 e. The highest BCUT2D eigenvalue weighted by Crippen LogP contribution is 2.39. The van der Waals surface area contributed by atoms with Gasteiger partial charge in [-0.1, -0.05) is 65.4 Å². The zero-order chi connectivity index (χ0) is 17.8. The van der Waals surface area contributed by atoms with E-state index in [2.05, 4.69) is 10.5 Å². The van der Waals surface area contributed by atoms with Gasteiger partial charge in [0.2, 0.25) is 5.13 Å². The zero-order valence-corrected chi connectivity index (χ0v) is 15.2. The second-order valence-corrected chi connectivity index (χ2v) is 6.89. The number of benzene rings is 2. The van der Waals surface area contributed by atoms with Crippen LogP contribution >= 0.6 is 22.9 Å². The van der Waals surface area contributed by atoms with Crippen molar-refractivity contribution < 1.29 is 4.42 Å². The number of thiazole rings is 1. The fourth-order valence-electron chi connectivity index (χ4n) is 2.47. The van der Waals surface area contributed by atoms with E-state index in [1.165, 1.54) is 0 Å². The van der Waals surface area contributed by atoms with Crippen LogP contribution < -0.4 is 5.43 Å². The monoisotopic (exact) mass is 379 g/mol. The van der Waals surface area contributed by atoms with E-state index in [4.69, 9.17) is 21.0 Å². The number of furan rings is 1. The molecule has 0 bridgehead atoms. The van der Waals surface area contributed by atoms with Gasteiger partial charge in [-0.25, -0.2) is 4.98 Å². The molecule has 0 aliphatic carbocycles. The number of hydrazone groups is 1. The molecular weight excluding hydrogens is 366 g/mol. The molecule has 0 saturated carbocycles. The van der Waals surface area contributed by atoms with Crippen molar-refractivity contribution in [2.24, 2.45) is 5.10 Å². The first kappa shape index (κ1) is 16.6. The van der Waals surface area contributed by atoms with E-state index >= 15 is 0 Å². The van der Waals surface area contributed by atoms with Crippen molar-refractivity contribution in [3.05, 3.63) is 83.8 Å². The van der Waals surface area contributed by atoms with Crippen LogP contribution in [0.1, 0.15) is 5.76 Å². The SMILES string of the molecule is Clc1ccc(-c2sc(N/N=C\c3ccco3)nc2-c2ccccc2)cc1. The van der Waals surface area contributed by atoms with Gasteiger partial charge in [0.25, 0.3) is 0 Å². The van der Waals surface area contributed by atoms with Crippen molar-refractivity contribution in [2.45, 2.75) is 0 Å². The van der Waals surface area contributed by atoms with E-state index in [0.717, 1.165) is 21.7 Å². The van der Waals surface area contributed by atoms with Crippen molar-refractivity contribution in [2.75, 3.05) is 5.43 Å². The van der Waals surface area contributed by atoms with Crippen molar-refractivity contribution in [1.82, 2.24) is 4.98 Å². The molecule has 4 nitrogen and oxygen atoms in total.